The predicted molar refractivity (Wildman–Crippen MR) is 295 cm³/mol. The highest BCUT2D eigenvalue weighted by Gasteiger charge is 2.18. The highest BCUT2D eigenvalue weighted by Crippen LogP contribution is 2.17. The molecule has 0 aliphatic rings. The summed E-state index contributed by atoms with van der Waals surface area (Å²) >= 11 is 0. The molecule has 0 rings (SSSR count). The number of carbonyl (C=O) groups excluding carboxylic acids is 1. The first-order chi connectivity index (χ1) is 32.7. The van der Waals surface area contributed by atoms with E-state index in [2.05, 4.69) is 55.6 Å². The highest BCUT2D eigenvalue weighted by molar-refractivity contribution is 5.76. The van der Waals surface area contributed by atoms with Crippen molar-refractivity contribution in [3.8, 4) is 0 Å². The molecule has 0 fully saturated rings. The Bertz CT molecular complexity index is 1050. The number of amides is 1. The zero-order chi connectivity index (χ0) is 47.7. The molecule has 0 aromatic carbocycles. The van der Waals surface area contributed by atoms with Gasteiger partial charge in [-0.25, -0.2) is 0 Å². The Kier molecular flexibility index (Phi) is 56.2. The Hall–Kier alpha value is -1.65. The van der Waals surface area contributed by atoms with Gasteiger partial charge in [-0.3, -0.25) is 4.79 Å². The molecule has 2 atom stereocenters. The van der Waals surface area contributed by atoms with E-state index in [1.54, 1.807) is 6.08 Å². The Balaban J connectivity index is 3.50. The third kappa shape index (κ3) is 53.3. The molecule has 0 saturated heterocycles. The second-order valence-electron chi connectivity index (χ2n) is 20.4. The maximum atomic E-state index is 12.5. The Morgan fingerprint density at radius 3 is 0.970 bits per heavy atom. The number of rotatable bonds is 55. The molecule has 388 valence electrons. The largest absolute Gasteiger partial charge is 0.394 e. The fourth-order valence-corrected chi connectivity index (χ4v) is 9.23. The van der Waals surface area contributed by atoms with Crippen LogP contribution < -0.4 is 5.32 Å². The molecule has 0 spiro atoms. The van der Waals surface area contributed by atoms with Gasteiger partial charge >= 0.3 is 0 Å². The van der Waals surface area contributed by atoms with Gasteiger partial charge in [0.05, 0.1) is 18.8 Å². The van der Waals surface area contributed by atoms with Crippen molar-refractivity contribution in [1.82, 2.24) is 5.32 Å². The van der Waals surface area contributed by atoms with Gasteiger partial charge in [-0.05, 0) is 64.2 Å². The van der Waals surface area contributed by atoms with E-state index in [4.69, 9.17) is 0 Å². The van der Waals surface area contributed by atoms with Crippen molar-refractivity contribution in [3.63, 3.8) is 0 Å². The number of allylic oxidation sites excluding steroid dienone is 7. The van der Waals surface area contributed by atoms with Crippen molar-refractivity contribution in [1.29, 1.82) is 0 Å². The molecule has 0 aromatic rings. The minimum absolute atomic E-state index is 0.0693. The van der Waals surface area contributed by atoms with Crippen molar-refractivity contribution in [3.05, 3.63) is 48.6 Å². The maximum Gasteiger partial charge on any atom is 0.220 e. The molecule has 0 aliphatic heterocycles. The third-order valence-corrected chi connectivity index (χ3v) is 13.8. The SMILES string of the molecule is CCCCCCC/C=C\C/C=C\CCCCCCCCCCCCCCCCCCCC(=O)NC(CO)C(O)/C=C/CC/C=C/CCCCCCCCCCCCCCCCCCCCC. The first-order valence-corrected chi connectivity index (χ1v) is 29.9. The molecule has 0 aliphatic carbocycles. The van der Waals surface area contributed by atoms with Gasteiger partial charge in [-0.1, -0.05) is 300 Å². The van der Waals surface area contributed by atoms with Gasteiger partial charge in [-0.15, -0.1) is 0 Å². The zero-order valence-electron chi connectivity index (χ0n) is 44.7. The molecule has 66 heavy (non-hydrogen) atoms. The smallest absolute Gasteiger partial charge is 0.220 e. The summed E-state index contributed by atoms with van der Waals surface area (Å²) in [4.78, 5) is 12.5. The summed E-state index contributed by atoms with van der Waals surface area (Å²) in [5.74, 6) is -0.0693. The van der Waals surface area contributed by atoms with E-state index in [1.807, 2.05) is 6.08 Å². The Labute approximate surface area is 414 Å². The van der Waals surface area contributed by atoms with Crippen molar-refractivity contribution < 1.29 is 15.0 Å². The summed E-state index contributed by atoms with van der Waals surface area (Å²) in [6, 6.07) is -0.640. The van der Waals surface area contributed by atoms with Crippen molar-refractivity contribution in [2.75, 3.05) is 6.61 Å². The molecule has 0 bridgehead atoms. The molecule has 0 radical (unpaired) electrons. The summed E-state index contributed by atoms with van der Waals surface area (Å²) in [6.07, 6.45) is 80.0. The van der Waals surface area contributed by atoms with Gasteiger partial charge in [0.2, 0.25) is 5.91 Å². The first-order valence-electron chi connectivity index (χ1n) is 29.9. The molecule has 1 amide bonds. The number of hydrogen-bond donors (Lipinski definition) is 3. The lowest BCUT2D eigenvalue weighted by atomic mass is 10.0. The third-order valence-electron chi connectivity index (χ3n) is 13.8. The molecule has 0 aromatic heterocycles. The van der Waals surface area contributed by atoms with Crippen molar-refractivity contribution in [2.45, 2.75) is 334 Å². The van der Waals surface area contributed by atoms with Gasteiger partial charge < -0.3 is 15.5 Å². The summed E-state index contributed by atoms with van der Waals surface area (Å²) < 4.78 is 0. The first kappa shape index (κ1) is 64.3. The number of aliphatic hydroxyl groups excluding tert-OH is 2. The second kappa shape index (κ2) is 57.7. The van der Waals surface area contributed by atoms with Crippen LogP contribution in [0.5, 0.6) is 0 Å². The minimum Gasteiger partial charge on any atom is -0.394 e. The van der Waals surface area contributed by atoms with Gasteiger partial charge in [0.25, 0.3) is 0 Å². The van der Waals surface area contributed by atoms with Crippen LogP contribution in [0.1, 0.15) is 322 Å². The lowest BCUT2D eigenvalue weighted by molar-refractivity contribution is -0.123. The van der Waals surface area contributed by atoms with E-state index >= 15 is 0 Å². The van der Waals surface area contributed by atoms with E-state index < -0.39 is 12.1 Å². The van der Waals surface area contributed by atoms with Gasteiger partial charge in [0.15, 0.2) is 0 Å². The quantitative estimate of drug-likeness (QED) is 0.0420. The lowest BCUT2D eigenvalue weighted by Crippen LogP contribution is -2.45. The van der Waals surface area contributed by atoms with Crippen molar-refractivity contribution >= 4 is 5.91 Å². The number of carbonyl (C=O) groups is 1. The van der Waals surface area contributed by atoms with Crippen LogP contribution in [0.25, 0.3) is 0 Å². The monoisotopic (exact) mass is 924 g/mol. The van der Waals surface area contributed by atoms with Crippen LogP contribution >= 0.6 is 0 Å². The highest BCUT2D eigenvalue weighted by atomic mass is 16.3. The Morgan fingerprint density at radius 2 is 0.636 bits per heavy atom. The number of nitrogens with one attached hydrogen (secondary N) is 1. The predicted octanol–water partition coefficient (Wildman–Crippen LogP) is 19.8. The molecule has 4 heteroatoms. The van der Waals surface area contributed by atoms with Gasteiger partial charge in [-0.2, -0.15) is 0 Å². The molecular weight excluding hydrogens is 807 g/mol. The van der Waals surface area contributed by atoms with Crippen molar-refractivity contribution in [2.24, 2.45) is 0 Å². The van der Waals surface area contributed by atoms with Crippen LogP contribution in [0.2, 0.25) is 0 Å². The molecule has 2 unspecified atom stereocenters. The van der Waals surface area contributed by atoms with E-state index in [1.165, 1.54) is 263 Å². The summed E-state index contributed by atoms with van der Waals surface area (Å²) in [5, 5.41) is 23.2. The number of hydrogen-bond acceptors (Lipinski definition) is 3. The zero-order valence-corrected chi connectivity index (χ0v) is 44.7. The van der Waals surface area contributed by atoms with E-state index in [-0.39, 0.29) is 12.5 Å². The maximum absolute atomic E-state index is 12.5. The molecule has 3 N–H and O–H groups in total. The summed E-state index contributed by atoms with van der Waals surface area (Å²) in [7, 11) is 0. The average Bonchev–Trinajstić information content (AvgIpc) is 3.32. The van der Waals surface area contributed by atoms with E-state index in [0.29, 0.717) is 6.42 Å². The van der Waals surface area contributed by atoms with Crippen LogP contribution in [0, 0.1) is 0 Å². The fraction of sp³-hybridized carbons (Fsp3) is 0.855. The van der Waals surface area contributed by atoms with Crippen LogP contribution in [0.15, 0.2) is 48.6 Å². The number of aliphatic hydroxyl groups is 2. The Morgan fingerprint density at radius 1 is 0.364 bits per heavy atom. The van der Waals surface area contributed by atoms with Gasteiger partial charge in [0, 0.05) is 6.42 Å². The number of unbranched alkanes of at least 4 members (excludes halogenated alkanes) is 42. The summed E-state index contributed by atoms with van der Waals surface area (Å²) in [6.45, 7) is 4.32. The van der Waals surface area contributed by atoms with Crippen LogP contribution in [-0.2, 0) is 4.79 Å². The second-order valence-corrected chi connectivity index (χ2v) is 20.4. The standard InChI is InChI=1S/C62H117NO3/c1-3-5-7-9-11-13-15-17-19-21-23-25-27-29-30-31-32-34-36-38-40-42-44-46-48-50-52-54-56-58-62(66)63-60(59-64)61(65)57-55-53-51-49-47-45-43-41-39-37-35-33-28-26-24-22-20-18-16-14-12-10-8-6-4-2/h15,17,21,23,47,49,55,57,60-61,64-65H,3-14,16,18-20,22,24-46,48,50-54,56,58-59H2,1-2H3,(H,63,66)/b17-15-,23-21-,49-47+,57-55+. The fourth-order valence-electron chi connectivity index (χ4n) is 9.23. The van der Waals surface area contributed by atoms with Crippen LogP contribution in [-0.4, -0.2) is 34.9 Å². The lowest BCUT2D eigenvalue weighted by Gasteiger charge is -2.19. The van der Waals surface area contributed by atoms with Gasteiger partial charge in [0.1, 0.15) is 0 Å². The topological polar surface area (TPSA) is 69.6 Å². The van der Waals surface area contributed by atoms with Crippen LogP contribution in [0.4, 0.5) is 0 Å². The summed E-state index contributed by atoms with van der Waals surface area (Å²) in [5.41, 5.74) is 0. The van der Waals surface area contributed by atoms with Crippen LogP contribution in [0.3, 0.4) is 0 Å². The normalized spacial score (nSPS) is 13.1. The van der Waals surface area contributed by atoms with E-state index in [0.717, 1.165) is 38.5 Å². The molecule has 0 heterocycles. The molecule has 0 saturated carbocycles. The molecule has 4 nitrogen and oxygen atoms in total. The minimum atomic E-state index is -0.863. The average molecular weight is 925 g/mol. The van der Waals surface area contributed by atoms with E-state index in [9.17, 15) is 15.0 Å². The molecular formula is C62H117NO3.